The lowest BCUT2D eigenvalue weighted by Crippen LogP contribution is -2.45. The van der Waals surface area contributed by atoms with Crippen LogP contribution in [0.2, 0.25) is 0 Å². The lowest BCUT2D eigenvalue weighted by Gasteiger charge is -2.45. The predicted molar refractivity (Wildman–Crippen MR) is 130 cm³/mol. The van der Waals surface area contributed by atoms with Crippen molar-refractivity contribution in [3.05, 3.63) is 76.9 Å². The van der Waals surface area contributed by atoms with Crippen LogP contribution in [0, 0.1) is 6.92 Å². The largest absolute Gasteiger partial charge is 0.369 e. The fraction of sp³-hybridized carbons (Fsp3) is 0.333. The van der Waals surface area contributed by atoms with E-state index in [-0.39, 0.29) is 11.4 Å². The molecule has 160 valence electrons. The predicted octanol–water partition coefficient (Wildman–Crippen LogP) is 5.56. The van der Waals surface area contributed by atoms with E-state index in [0.717, 1.165) is 33.9 Å². The summed E-state index contributed by atoms with van der Waals surface area (Å²) in [5.41, 5.74) is 8.69. The molecule has 0 aromatic heterocycles. The number of benzene rings is 3. The zero-order valence-corrected chi connectivity index (χ0v) is 19.1. The number of hydrogen-bond acceptors (Lipinski definition) is 3. The summed E-state index contributed by atoms with van der Waals surface area (Å²) in [6.07, 6.45) is 3.18. The molecule has 1 amide bonds. The second-order valence-corrected chi connectivity index (χ2v) is 9.35. The number of hydrogen-bond donors (Lipinski definition) is 1. The molecule has 4 nitrogen and oxygen atoms in total. The summed E-state index contributed by atoms with van der Waals surface area (Å²) in [6, 6.07) is 18.6. The van der Waals surface area contributed by atoms with Gasteiger partial charge in [0.25, 0.3) is 0 Å². The van der Waals surface area contributed by atoms with Crippen LogP contribution in [0.4, 0.5) is 5.69 Å². The fourth-order valence-electron chi connectivity index (χ4n) is 4.71. The second kappa shape index (κ2) is 8.18. The standard InChI is InChI=1S/C27H31N3O/c1-18-13-25-24(19(2)16-27(3,4)30(25)5)14-22(18)17-28-29-26(31)15-21-11-8-10-20-9-6-7-12-23(20)21/h6-14,17,19H,15-16H2,1-5H3,(H,29,31)/b28-17-/t19-/m1/s1. The first-order valence-electron chi connectivity index (χ1n) is 10.9. The van der Waals surface area contributed by atoms with Crippen molar-refractivity contribution in [1.29, 1.82) is 0 Å². The molecule has 3 aromatic rings. The minimum absolute atomic E-state index is 0.113. The SMILES string of the molecule is Cc1cc2c(cc1/C=N\NC(=O)Cc1cccc3ccccc13)[C@H](C)CC(C)(C)N2C. The van der Waals surface area contributed by atoms with Crippen molar-refractivity contribution in [2.24, 2.45) is 5.10 Å². The van der Waals surface area contributed by atoms with Crippen molar-refractivity contribution in [3.63, 3.8) is 0 Å². The number of rotatable bonds is 4. The van der Waals surface area contributed by atoms with E-state index in [9.17, 15) is 4.79 Å². The van der Waals surface area contributed by atoms with Crippen molar-refractivity contribution < 1.29 is 4.79 Å². The lowest BCUT2D eigenvalue weighted by atomic mass is 9.79. The molecule has 1 heterocycles. The van der Waals surface area contributed by atoms with E-state index in [1.165, 1.54) is 11.3 Å². The van der Waals surface area contributed by atoms with Gasteiger partial charge in [-0.1, -0.05) is 49.4 Å². The summed E-state index contributed by atoms with van der Waals surface area (Å²) in [5, 5.41) is 6.51. The number of nitrogens with zero attached hydrogens (tertiary/aromatic N) is 2. The minimum atomic E-state index is -0.113. The van der Waals surface area contributed by atoms with Crippen LogP contribution in [0.5, 0.6) is 0 Å². The van der Waals surface area contributed by atoms with Gasteiger partial charge in [0.05, 0.1) is 12.6 Å². The maximum absolute atomic E-state index is 12.5. The zero-order valence-electron chi connectivity index (χ0n) is 19.1. The highest BCUT2D eigenvalue weighted by atomic mass is 16.2. The molecule has 0 radical (unpaired) electrons. The van der Waals surface area contributed by atoms with Crippen LogP contribution in [-0.4, -0.2) is 24.7 Å². The van der Waals surface area contributed by atoms with Gasteiger partial charge in [0, 0.05) is 18.3 Å². The Labute approximate surface area is 185 Å². The van der Waals surface area contributed by atoms with Crippen LogP contribution in [0.15, 0.2) is 59.7 Å². The van der Waals surface area contributed by atoms with E-state index >= 15 is 0 Å². The number of carbonyl (C=O) groups is 1. The van der Waals surface area contributed by atoms with Gasteiger partial charge in [0.1, 0.15) is 0 Å². The van der Waals surface area contributed by atoms with Crippen LogP contribution in [0.25, 0.3) is 10.8 Å². The lowest BCUT2D eigenvalue weighted by molar-refractivity contribution is -0.120. The molecule has 31 heavy (non-hydrogen) atoms. The average Bonchev–Trinajstić information content (AvgIpc) is 2.73. The van der Waals surface area contributed by atoms with Gasteiger partial charge < -0.3 is 4.90 Å². The van der Waals surface area contributed by atoms with Gasteiger partial charge in [-0.3, -0.25) is 4.79 Å². The number of aryl methyl sites for hydroxylation is 1. The van der Waals surface area contributed by atoms with Crippen molar-refractivity contribution >= 4 is 28.6 Å². The third-order valence-electron chi connectivity index (χ3n) is 6.65. The summed E-state index contributed by atoms with van der Waals surface area (Å²) >= 11 is 0. The molecule has 1 N–H and O–H groups in total. The Morgan fingerprint density at radius 2 is 1.94 bits per heavy atom. The molecule has 1 aliphatic rings. The number of nitrogens with one attached hydrogen (secondary N) is 1. The molecular formula is C27H31N3O. The third-order valence-corrected chi connectivity index (χ3v) is 6.65. The maximum atomic E-state index is 12.5. The number of anilines is 1. The molecule has 0 saturated heterocycles. The summed E-state index contributed by atoms with van der Waals surface area (Å²) < 4.78 is 0. The van der Waals surface area contributed by atoms with Gasteiger partial charge in [-0.25, -0.2) is 5.43 Å². The number of carbonyl (C=O) groups excluding carboxylic acids is 1. The molecule has 0 bridgehead atoms. The summed E-state index contributed by atoms with van der Waals surface area (Å²) in [5.74, 6) is 0.368. The highest BCUT2D eigenvalue weighted by Crippen LogP contribution is 2.43. The quantitative estimate of drug-likeness (QED) is 0.449. The topological polar surface area (TPSA) is 44.7 Å². The molecule has 0 unspecified atom stereocenters. The number of amides is 1. The molecule has 1 atom stereocenters. The molecule has 1 aliphatic heterocycles. The van der Waals surface area contributed by atoms with Gasteiger partial charge in [0.15, 0.2) is 0 Å². The monoisotopic (exact) mass is 413 g/mol. The summed E-state index contributed by atoms with van der Waals surface area (Å²) in [6.45, 7) is 8.97. The highest BCUT2D eigenvalue weighted by molar-refractivity contribution is 5.91. The van der Waals surface area contributed by atoms with Crippen LogP contribution in [0.3, 0.4) is 0 Å². The second-order valence-electron chi connectivity index (χ2n) is 9.35. The van der Waals surface area contributed by atoms with Crippen LogP contribution < -0.4 is 10.3 Å². The maximum Gasteiger partial charge on any atom is 0.244 e. The Hall–Kier alpha value is -3.14. The van der Waals surface area contributed by atoms with Crippen molar-refractivity contribution in [2.75, 3.05) is 11.9 Å². The average molecular weight is 414 g/mol. The normalized spacial score (nSPS) is 17.7. The van der Waals surface area contributed by atoms with E-state index in [2.05, 4.69) is 80.5 Å². The zero-order chi connectivity index (χ0) is 22.2. The molecule has 0 fully saturated rings. The molecule has 4 rings (SSSR count). The van der Waals surface area contributed by atoms with Crippen LogP contribution >= 0.6 is 0 Å². The Balaban J connectivity index is 1.49. The minimum Gasteiger partial charge on any atom is -0.369 e. The number of hydrazone groups is 1. The van der Waals surface area contributed by atoms with Crippen LogP contribution in [0.1, 0.15) is 55.4 Å². The Bertz CT molecular complexity index is 1160. The molecule has 0 aliphatic carbocycles. The van der Waals surface area contributed by atoms with Crippen molar-refractivity contribution in [3.8, 4) is 0 Å². The van der Waals surface area contributed by atoms with Crippen molar-refractivity contribution in [1.82, 2.24) is 5.43 Å². The smallest absolute Gasteiger partial charge is 0.244 e. The molecule has 3 aromatic carbocycles. The third kappa shape index (κ3) is 4.20. The van der Waals surface area contributed by atoms with E-state index in [0.29, 0.717) is 12.3 Å². The molecule has 0 spiro atoms. The summed E-state index contributed by atoms with van der Waals surface area (Å²) in [7, 11) is 2.17. The van der Waals surface area contributed by atoms with Gasteiger partial charge in [-0.2, -0.15) is 5.10 Å². The van der Waals surface area contributed by atoms with E-state index in [4.69, 9.17) is 0 Å². The van der Waals surface area contributed by atoms with Crippen LogP contribution in [-0.2, 0) is 11.2 Å². The summed E-state index contributed by atoms with van der Waals surface area (Å²) in [4.78, 5) is 14.9. The first-order chi connectivity index (χ1) is 14.8. The van der Waals surface area contributed by atoms with E-state index in [1.54, 1.807) is 6.21 Å². The Morgan fingerprint density at radius 3 is 2.74 bits per heavy atom. The first-order valence-corrected chi connectivity index (χ1v) is 10.9. The van der Waals surface area contributed by atoms with E-state index in [1.807, 2.05) is 24.3 Å². The fourth-order valence-corrected chi connectivity index (χ4v) is 4.71. The Morgan fingerprint density at radius 1 is 1.19 bits per heavy atom. The van der Waals surface area contributed by atoms with E-state index < -0.39 is 0 Å². The first kappa shape index (κ1) is 21.1. The van der Waals surface area contributed by atoms with Gasteiger partial charge in [-0.15, -0.1) is 0 Å². The highest BCUT2D eigenvalue weighted by Gasteiger charge is 2.34. The molecule has 4 heteroatoms. The molecule has 0 saturated carbocycles. The Kier molecular flexibility index (Phi) is 5.57. The van der Waals surface area contributed by atoms with Crippen molar-refractivity contribution in [2.45, 2.75) is 52.0 Å². The number of fused-ring (bicyclic) bond motifs is 2. The molecular weight excluding hydrogens is 382 g/mol. The van der Waals surface area contributed by atoms with Gasteiger partial charge >= 0.3 is 0 Å². The van der Waals surface area contributed by atoms with Gasteiger partial charge in [0.2, 0.25) is 5.91 Å². The van der Waals surface area contributed by atoms with Gasteiger partial charge in [-0.05, 0) is 78.3 Å².